The van der Waals surface area contributed by atoms with E-state index < -0.39 is 0 Å². The SMILES string of the molecule is C[C@H]1CNCCN1CC(=O)N(C)CC1CC1.Cl. The number of halogens is 1. The van der Waals surface area contributed by atoms with E-state index in [1.165, 1.54) is 12.8 Å². The Balaban J connectivity index is 0.00000144. The lowest BCUT2D eigenvalue weighted by Crippen LogP contribution is -2.53. The topological polar surface area (TPSA) is 35.6 Å². The van der Waals surface area contributed by atoms with E-state index in [1.807, 2.05) is 11.9 Å². The summed E-state index contributed by atoms with van der Waals surface area (Å²) in [7, 11) is 1.94. The minimum Gasteiger partial charge on any atom is -0.344 e. The van der Waals surface area contributed by atoms with E-state index in [-0.39, 0.29) is 18.3 Å². The molecule has 2 fully saturated rings. The molecule has 1 aliphatic carbocycles. The van der Waals surface area contributed by atoms with Gasteiger partial charge in [-0.05, 0) is 25.7 Å². The van der Waals surface area contributed by atoms with Crippen molar-refractivity contribution in [3.63, 3.8) is 0 Å². The fourth-order valence-corrected chi connectivity index (χ4v) is 2.20. The summed E-state index contributed by atoms with van der Waals surface area (Å²) >= 11 is 0. The third kappa shape index (κ3) is 4.45. The minimum atomic E-state index is 0. The highest BCUT2D eigenvalue weighted by atomic mass is 35.5. The number of carbonyl (C=O) groups excluding carboxylic acids is 1. The second-order valence-electron chi connectivity index (χ2n) is 5.24. The number of rotatable bonds is 4. The number of nitrogens with zero attached hydrogens (tertiary/aromatic N) is 2. The molecule has 1 aliphatic heterocycles. The van der Waals surface area contributed by atoms with Crippen molar-refractivity contribution in [2.75, 3.05) is 39.8 Å². The molecule has 17 heavy (non-hydrogen) atoms. The molecule has 0 bridgehead atoms. The first-order chi connectivity index (χ1) is 7.66. The maximum absolute atomic E-state index is 12.0. The molecule has 1 atom stereocenters. The number of hydrogen-bond donors (Lipinski definition) is 1. The zero-order chi connectivity index (χ0) is 11.5. The Hall–Kier alpha value is -0.320. The van der Waals surface area contributed by atoms with Crippen molar-refractivity contribution in [1.29, 1.82) is 0 Å². The number of carbonyl (C=O) groups is 1. The summed E-state index contributed by atoms with van der Waals surface area (Å²) in [5.74, 6) is 1.06. The highest BCUT2D eigenvalue weighted by molar-refractivity contribution is 5.85. The molecule has 1 heterocycles. The third-order valence-electron chi connectivity index (χ3n) is 3.63. The maximum atomic E-state index is 12.0. The number of hydrogen-bond acceptors (Lipinski definition) is 3. The van der Waals surface area contributed by atoms with E-state index in [4.69, 9.17) is 0 Å². The summed E-state index contributed by atoms with van der Waals surface area (Å²) in [4.78, 5) is 16.2. The molecule has 0 unspecified atom stereocenters. The van der Waals surface area contributed by atoms with Gasteiger partial charge in [0.1, 0.15) is 0 Å². The first-order valence-corrected chi connectivity index (χ1v) is 6.35. The van der Waals surface area contributed by atoms with Crippen LogP contribution in [0.15, 0.2) is 0 Å². The molecule has 0 aromatic heterocycles. The van der Waals surface area contributed by atoms with Gasteiger partial charge in [-0.25, -0.2) is 0 Å². The number of likely N-dealkylation sites (N-methyl/N-ethyl adjacent to an activating group) is 1. The van der Waals surface area contributed by atoms with Crippen LogP contribution in [0.2, 0.25) is 0 Å². The van der Waals surface area contributed by atoms with Gasteiger partial charge in [0.2, 0.25) is 5.91 Å². The summed E-state index contributed by atoms with van der Waals surface area (Å²) in [6.45, 7) is 6.72. The van der Waals surface area contributed by atoms with Crippen LogP contribution in [0.1, 0.15) is 19.8 Å². The largest absolute Gasteiger partial charge is 0.344 e. The van der Waals surface area contributed by atoms with E-state index in [2.05, 4.69) is 17.1 Å². The Kier molecular flexibility index (Phi) is 5.70. The van der Waals surface area contributed by atoms with Crippen molar-refractivity contribution >= 4 is 18.3 Å². The highest BCUT2D eigenvalue weighted by Gasteiger charge is 2.26. The van der Waals surface area contributed by atoms with E-state index >= 15 is 0 Å². The third-order valence-corrected chi connectivity index (χ3v) is 3.63. The molecule has 100 valence electrons. The van der Waals surface area contributed by atoms with Crippen molar-refractivity contribution in [3.8, 4) is 0 Å². The predicted molar refractivity (Wildman–Crippen MR) is 71.5 cm³/mol. The quantitative estimate of drug-likeness (QED) is 0.804. The van der Waals surface area contributed by atoms with Gasteiger partial charge in [0.15, 0.2) is 0 Å². The second kappa shape index (κ2) is 6.57. The molecule has 0 aromatic carbocycles. The van der Waals surface area contributed by atoms with Crippen LogP contribution in [-0.4, -0.2) is 61.5 Å². The Morgan fingerprint density at radius 1 is 1.47 bits per heavy atom. The van der Waals surface area contributed by atoms with Crippen LogP contribution in [-0.2, 0) is 4.79 Å². The molecule has 2 aliphatic rings. The summed E-state index contributed by atoms with van der Waals surface area (Å²) in [5, 5.41) is 3.34. The molecule has 0 aromatic rings. The molecule has 2 rings (SSSR count). The van der Waals surface area contributed by atoms with Crippen LogP contribution >= 0.6 is 12.4 Å². The van der Waals surface area contributed by atoms with E-state index in [1.54, 1.807) is 0 Å². The van der Waals surface area contributed by atoms with Crippen LogP contribution < -0.4 is 5.32 Å². The average molecular weight is 262 g/mol. The first kappa shape index (κ1) is 14.7. The molecule has 4 nitrogen and oxygen atoms in total. The zero-order valence-electron chi connectivity index (χ0n) is 10.8. The number of amides is 1. The average Bonchev–Trinajstić information content (AvgIpc) is 3.05. The van der Waals surface area contributed by atoms with Gasteiger partial charge in [0, 0.05) is 39.3 Å². The van der Waals surface area contributed by atoms with Gasteiger partial charge < -0.3 is 10.2 Å². The van der Waals surface area contributed by atoms with Crippen LogP contribution in [0, 0.1) is 5.92 Å². The molecular weight excluding hydrogens is 238 g/mol. The standard InChI is InChI=1S/C12H23N3O.ClH/c1-10-7-13-5-6-15(10)9-12(16)14(2)8-11-3-4-11;/h10-11,13H,3-9H2,1-2H3;1H/t10-;/m0./s1. The zero-order valence-corrected chi connectivity index (χ0v) is 11.6. The number of piperazine rings is 1. The summed E-state index contributed by atoms with van der Waals surface area (Å²) < 4.78 is 0. The van der Waals surface area contributed by atoms with Gasteiger partial charge in [-0.2, -0.15) is 0 Å². The van der Waals surface area contributed by atoms with Crippen LogP contribution in [0.3, 0.4) is 0 Å². The van der Waals surface area contributed by atoms with E-state index in [9.17, 15) is 4.79 Å². The molecular formula is C12H24ClN3O. The molecule has 0 spiro atoms. The lowest BCUT2D eigenvalue weighted by molar-refractivity contribution is -0.132. The van der Waals surface area contributed by atoms with Crippen molar-refractivity contribution in [1.82, 2.24) is 15.1 Å². The normalized spacial score (nSPS) is 25.2. The lowest BCUT2D eigenvalue weighted by atomic mass is 10.2. The monoisotopic (exact) mass is 261 g/mol. The maximum Gasteiger partial charge on any atom is 0.236 e. The summed E-state index contributed by atoms with van der Waals surface area (Å²) in [6, 6.07) is 0.479. The van der Waals surface area contributed by atoms with E-state index in [0.717, 1.165) is 32.1 Å². The second-order valence-corrected chi connectivity index (χ2v) is 5.24. The smallest absolute Gasteiger partial charge is 0.236 e. The number of nitrogens with one attached hydrogen (secondary N) is 1. The molecule has 1 amide bonds. The molecule has 1 saturated heterocycles. The van der Waals surface area contributed by atoms with Gasteiger partial charge in [-0.1, -0.05) is 0 Å². The van der Waals surface area contributed by atoms with E-state index in [0.29, 0.717) is 12.6 Å². The fraction of sp³-hybridized carbons (Fsp3) is 0.917. The first-order valence-electron chi connectivity index (χ1n) is 6.35. The van der Waals surface area contributed by atoms with Crippen molar-refractivity contribution in [2.24, 2.45) is 5.92 Å². The minimum absolute atomic E-state index is 0. The fourth-order valence-electron chi connectivity index (χ4n) is 2.20. The van der Waals surface area contributed by atoms with Crippen molar-refractivity contribution < 1.29 is 4.79 Å². The lowest BCUT2D eigenvalue weighted by Gasteiger charge is -2.34. The Bertz CT molecular complexity index is 258. The molecule has 1 saturated carbocycles. The Morgan fingerprint density at radius 3 is 2.76 bits per heavy atom. The van der Waals surface area contributed by atoms with Crippen LogP contribution in [0.4, 0.5) is 0 Å². The summed E-state index contributed by atoms with van der Waals surface area (Å²) in [6.07, 6.45) is 2.61. The van der Waals surface area contributed by atoms with Gasteiger partial charge in [0.05, 0.1) is 6.54 Å². The molecule has 0 radical (unpaired) electrons. The van der Waals surface area contributed by atoms with Crippen LogP contribution in [0.5, 0.6) is 0 Å². The highest BCUT2D eigenvalue weighted by Crippen LogP contribution is 2.29. The van der Waals surface area contributed by atoms with Gasteiger partial charge >= 0.3 is 0 Å². The van der Waals surface area contributed by atoms with Crippen molar-refractivity contribution in [3.05, 3.63) is 0 Å². The predicted octanol–water partition coefficient (Wildman–Crippen LogP) is 0.570. The molecule has 1 N–H and O–H groups in total. The Labute approximate surface area is 110 Å². The van der Waals surface area contributed by atoms with Crippen molar-refractivity contribution in [2.45, 2.75) is 25.8 Å². The summed E-state index contributed by atoms with van der Waals surface area (Å²) in [5.41, 5.74) is 0. The van der Waals surface area contributed by atoms with Gasteiger partial charge in [-0.15, -0.1) is 12.4 Å². The van der Waals surface area contributed by atoms with Gasteiger partial charge in [0.25, 0.3) is 0 Å². The van der Waals surface area contributed by atoms with Crippen LogP contribution in [0.25, 0.3) is 0 Å². The van der Waals surface area contributed by atoms with Gasteiger partial charge in [-0.3, -0.25) is 9.69 Å². The molecule has 5 heteroatoms. The Morgan fingerprint density at radius 2 is 2.18 bits per heavy atom.